The van der Waals surface area contributed by atoms with Gasteiger partial charge in [0.25, 0.3) is 0 Å². The van der Waals surface area contributed by atoms with Crippen molar-refractivity contribution in [1.29, 1.82) is 0 Å². The molecule has 0 aromatic heterocycles. The molecule has 2 heterocycles. The highest BCUT2D eigenvalue weighted by Crippen LogP contribution is 2.21. The minimum Gasteiger partial charge on any atom is -0.317 e. The van der Waals surface area contributed by atoms with Crippen molar-refractivity contribution in [3.63, 3.8) is 0 Å². The van der Waals surface area contributed by atoms with Crippen LogP contribution in [-0.2, 0) is 13.0 Å². The molecule has 1 aromatic carbocycles. The van der Waals surface area contributed by atoms with E-state index in [4.69, 9.17) is 0 Å². The summed E-state index contributed by atoms with van der Waals surface area (Å²) < 4.78 is 0. The maximum atomic E-state index is 3.46. The van der Waals surface area contributed by atoms with E-state index in [0.29, 0.717) is 0 Å². The highest BCUT2D eigenvalue weighted by atomic mass is 15.1. The van der Waals surface area contributed by atoms with Gasteiger partial charge in [-0.2, -0.15) is 0 Å². The topological polar surface area (TPSA) is 15.3 Å². The van der Waals surface area contributed by atoms with E-state index in [1.807, 2.05) is 0 Å². The third-order valence-corrected chi connectivity index (χ3v) is 4.76. The molecule has 0 bridgehead atoms. The summed E-state index contributed by atoms with van der Waals surface area (Å²) in [4.78, 5) is 2.64. The molecule has 2 heteroatoms. The molecule has 104 valence electrons. The van der Waals surface area contributed by atoms with Crippen LogP contribution in [0.4, 0.5) is 0 Å². The molecule has 0 unspecified atom stereocenters. The molecule has 0 atom stereocenters. The largest absolute Gasteiger partial charge is 0.317 e. The van der Waals surface area contributed by atoms with Crippen molar-refractivity contribution >= 4 is 0 Å². The SMILES string of the molecule is c1ccc2c(c1)CCN(CCCC1CCNCC1)C2. The summed E-state index contributed by atoms with van der Waals surface area (Å²) in [7, 11) is 0. The second kappa shape index (κ2) is 6.53. The highest BCUT2D eigenvalue weighted by molar-refractivity contribution is 5.28. The standard InChI is InChI=1S/C17H26N2/c1-2-6-17-14-19(13-9-16(17)5-1)12-3-4-15-7-10-18-11-8-15/h1-2,5-6,15,18H,3-4,7-14H2. The van der Waals surface area contributed by atoms with Crippen molar-refractivity contribution in [2.24, 2.45) is 5.92 Å². The molecular weight excluding hydrogens is 232 g/mol. The molecule has 2 aliphatic rings. The van der Waals surface area contributed by atoms with Crippen LogP contribution in [0.25, 0.3) is 0 Å². The third-order valence-electron chi connectivity index (χ3n) is 4.76. The van der Waals surface area contributed by atoms with E-state index in [1.54, 1.807) is 11.1 Å². The summed E-state index contributed by atoms with van der Waals surface area (Å²) in [5.41, 5.74) is 3.12. The van der Waals surface area contributed by atoms with E-state index in [9.17, 15) is 0 Å². The Hall–Kier alpha value is -0.860. The van der Waals surface area contributed by atoms with E-state index in [1.165, 1.54) is 64.8 Å². The Balaban J connectivity index is 1.42. The first-order chi connectivity index (χ1) is 9.42. The maximum Gasteiger partial charge on any atom is 0.0236 e. The summed E-state index contributed by atoms with van der Waals surface area (Å²) in [6.07, 6.45) is 6.84. The summed E-state index contributed by atoms with van der Waals surface area (Å²) in [5, 5.41) is 3.46. The van der Waals surface area contributed by atoms with Crippen LogP contribution < -0.4 is 5.32 Å². The summed E-state index contributed by atoms with van der Waals surface area (Å²) in [6.45, 7) is 6.19. The first-order valence-corrected chi connectivity index (χ1v) is 7.91. The molecule has 3 rings (SSSR count). The lowest BCUT2D eigenvalue weighted by Gasteiger charge is -2.29. The number of fused-ring (bicyclic) bond motifs is 1. The van der Waals surface area contributed by atoms with Gasteiger partial charge in [-0.15, -0.1) is 0 Å². The number of piperidine rings is 1. The van der Waals surface area contributed by atoms with E-state index in [0.717, 1.165) is 5.92 Å². The Morgan fingerprint density at radius 2 is 1.89 bits per heavy atom. The zero-order valence-electron chi connectivity index (χ0n) is 11.9. The number of rotatable bonds is 4. The second-order valence-electron chi connectivity index (χ2n) is 6.13. The minimum absolute atomic E-state index is 0.985. The third kappa shape index (κ3) is 3.58. The van der Waals surface area contributed by atoms with Crippen LogP contribution in [0.3, 0.4) is 0 Å². The molecule has 19 heavy (non-hydrogen) atoms. The van der Waals surface area contributed by atoms with Gasteiger partial charge in [-0.3, -0.25) is 4.90 Å². The molecule has 1 fully saturated rings. The normalized spacial score (nSPS) is 21.3. The molecule has 1 saturated heterocycles. The van der Waals surface area contributed by atoms with Crippen molar-refractivity contribution in [2.75, 3.05) is 26.2 Å². The Labute approximate surface area is 117 Å². The minimum atomic E-state index is 0.985. The molecule has 2 aliphatic heterocycles. The van der Waals surface area contributed by atoms with E-state index in [-0.39, 0.29) is 0 Å². The van der Waals surface area contributed by atoms with Gasteiger partial charge in [-0.05, 0) is 68.8 Å². The van der Waals surface area contributed by atoms with Crippen molar-refractivity contribution in [2.45, 2.75) is 38.6 Å². The van der Waals surface area contributed by atoms with Crippen LogP contribution in [0, 0.1) is 5.92 Å². The van der Waals surface area contributed by atoms with Gasteiger partial charge < -0.3 is 5.32 Å². The molecule has 1 aromatic rings. The monoisotopic (exact) mass is 258 g/mol. The lowest BCUT2D eigenvalue weighted by molar-refractivity contribution is 0.235. The molecular formula is C17H26N2. The smallest absolute Gasteiger partial charge is 0.0236 e. The number of hydrogen-bond acceptors (Lipinski definition) is 2. The molecule has 0 radical (unpaired) electrons. The number of hydrogen-bond donors (Lipinski definition) is 1. The van der Waals surface area contributed by atoms with Crippen LogP contribution in [0.5, 0.6) is 0 Å². The van der Waals surface area contributed by atoms with Crippen LogP contribution in [0.2, 0.25) is 0 Å². The summed E-state index contributed by atoms with van der Waals surface area (Å²) in [5.74, 6) is 0.985. The lowest BCUT2D eigenvalue weighted by Crippen LogP contribution is -2.32. The molecule has 0 spiro atoms. The Morgan fingerprint density at radius 3 is 2.74 bits per heavy atom. The van der Waals surface area contributed by atoms with Crippen LogP contribution >= 0.6 is 0 Å². The van der Waals surface area contributed by atoms with Crippen molar-refractivity contribution in [3.05, 3.63) is 35.4 Å². The molecule has 0 saturated carbocycles. The predicted molar refractivity (Wildman–Crippen MR) is 80.3 cm³/mol. The first kappa shape index (κ1) is 13.1. The molecule has 0 aliphatic carbocycles. The van der Waals surface area contributed by atoms with Crippen LogP contribution in [-0.4, -0.2) is 31.1 Å². The van der Waals surface area contributed by atoms with E-state index in [2.05, 4.69) is 34.5 Å². The van der Waals surface area contributed by atoms with Gasteiger partial charge in [0.1, 0.15) is 0 Å². The summed E-state index contributed by atoms with van der Waals surface area (Å²) >= 11 is 0. The highest BCUT2D eigenvalue weighted by Gasteiger charge is 2.16. The zero-order chi connectivity index (χ0) is 12.9. The van der Waals surface area contributed by atoms with E-state index < -0.39 is 0 Å². The number of nitrogens with one attached hydrogen (secondary N) is 1. The van der Waals surface area contributed by atoms with Gasteiger partial charge in [-0.25, -0.2) is 0 Å². The van der Waals surface area contributed by atoms with Gasteiger partial charge >= 0.3 is 0 Å². The molecule has 2 nitrogen and oxygen atoms in total. The fourth-order valence-corrected chi connectivity index (χ4v) is 3.52. The van der Waals surface area contributed by atoms with Gasteiger partial charge in [0, 0.05) is 13.1 Å². The van der Waals surface area contributed by atoms with Crippen molar-refractivity contribution in [3.8, 4) is 0 Å². The number of benzene rings is 1. The lowest BCUT2D eigenvalue weighted by atomic mass is 9.93. The van der Waals surface area contributed by atoms with Crippen LogP contribution in [0.15, 0.2) is 24.3 Å². The summed E-state index contributed by atoms with van der Waals surface area (Å²) in [6, 6.07) is 8.94. The average Bonchev–Trinajstić information content (AvgIpc) is 2.48. The average molecular weight is 258 g/mol. The quantitative estimate of drug-likeness (QED) is 0.893. The Kier molecular flexibility index (Phi) is 4.52. The maximum absolute atomic E-state index is 3.46. The fraction of sp³-hybridized carbons (Fsp3) is 0.647. The predicted octanol–water partition coefficient (Wildman–Crippen LogP) is 2.82. The Morgan fingerprint density at radius 1 is 1.11 bits per heavy atom. The van der Waals surface area contributed by atoms with Crippen molar-refractivity contribution in [1.82, 2.24) is 10.2 Å². The zero-order valence-corrected chi connectivity index (χ0v) is 11.9. The van der Waals surface area contributed by atoms with Gasteiger partial charge in [0.2, 0.25) is 0 Å². The number of nitrogens with zero attached hydrogens (tertiary/aromatic N) is 1. The molecule has 1 N–H and O–H groups in total. The van der Waals surface area contributed by atoms with E-state index >= 15 is 0 Å². The molecule has 0 amide bonds. The second-order valence-corrected chi connectivity index (χ2v) is 6.13. The fourth-order valence-electron chi connectivity index (χ4n) is 3.52. The van der Waals surface area contributed by atoms with Gasteiger partial charge in [-0.1, -0.05) is 24.3 Å². The Bertz CT molecular complexity index is 396. The van der Waals surface area contributed by atoms with Gasteiger partial charge in [0.05, 0.1) is 0 Å². The first-order valence-electron chi connectivity index (χ1n) is 7.91. The van der Waals surface area contributed by atoms with Crippen LogP contribution in [0.1, 0.15) is 36.8 Å². The van der Waals surface area contributed by atoms with Gasteiger partial charge in [0.15, 0.2) is 0 Å². The van der Waals surface area contributed by atoms with Crippen molar-refractivity contribution < 1.29 is 0 Å².